The van der Waals surface area contributed by atoms with Crippen LogP contribution in [0, 0.1) is 5.82 Å². The molecule has 0 spiro atoms. The van der Waals surface area contributed by atoms with Gasteiger partial charge in [-0.15, -0.1) is 0 Å². The summed E-state index contributed by atoms with van der Waals surface area (Å²) in [4.78, 5) is 0. The summed E-state index contributed by atoms with van der Waals surface area (Å²) in [6.45, 7) is 0. The second-order valence-corrected chi connectivity index (χ2v) is 4.23. The van der Waals surface area contributed by atoms with Crippen LogP contribution in [-0.2, 0) is 0 Å². The van der Waals surface area contributed by atoms with Crippen molar-refractivity contribution in [2.45, 2.75) is 6.04 Å². The topological polar surface area (TPSA) is 51.0 Å². The number of hydrogen-bond donors (Lipinski definition) is 1. The fourth-order valence-electron chi connectivity index (χ4n) is 2.12. The summed E-state index contributed by atoms with van der Waals surface area (Å²) in [5.41, 5.74) is 1.61. The summed E-state index contributed by atoms with van der Waals surface area (Å²) in [5, 5.41) is 11.5. The van der Waals surface area contributed by atoms with E-state index in [4.69, 9.17) is 4.42 Å². The van der Waals surface area contributed by atoms with Gasteiger partial charge in [-0.3, -0.25) is 0 Å². The maximum absolute atomic E-state index is 13.2. The van der Waals surface area contributed by atoms with Gasteiger partial charge in [0.2, 0.25) is 0 Å². The quantitative estimate of drug-likeness (QED) is 0.783. The Hall–Kier alpha value is -2.27. The highest BCUT2D eigenvalue weighted by atomic mass is 19.1. The molecule has 0 saturated carbocycles. The van der Waals surface area contributed by atoms with Gasteiger partial charge in [0, 0.05) is 11.6 Å². The fraction of sp³-hybridized carbons (Fsp3) is 0.143. The van der Waals surface area contributed by atoms with E-state index in [9.17, 15) is 4.39 Å². The molecule has 0 aliphatic carbocycles. The summed E-state index contributed by atoms with van der Waals surface area (Å²) in [5.74, 6) is 0.447. The molecule has 96 valence electrons. The molecule has 1 N–H and O–H groups in total. The highest BCUT2D eigenvalue weighted by Gasteiger charge is 2.17. The van der Waals surface area contributed by atoms with E-state index in [1.165, 1.54) is 12.1 Å². The van der Waals surface area contributed by atoms with Crippen molar-refractivity contribution in [3.8, 4) is 0 Å². The van der Waals surface area contributed by atoms with Crippen molar-refractivity contribution in [2.24, 2.45) is 0 Å². The first-order chi connectivity index (χ1) is 9.28. The second-order valence-electron chi connectivity index (χ2n) is 4.23. The molecule has 0 bridgehead atoms. The van der Waals surface area contributed by atoms with Crippen molar-refractivity contribution < 1.29 is 8.81 Å². The van der Waals surface area contributed by atoms with Gasteiger partial charge in [-0.05, 0) is 42.9 Å². The van der Waals surface area contributed by atoms with Crippen LogP contribution in [0.1, 0.15) is 17.4 Å². The van der Waals surface area contributed by atoms with E-state index in [0.717, 1.165) is 16.7 Å². The SMILES string of the molecule is CNC(c1ccnnc1)c1cc2cc(F)ccc2o1. The Morgan fingerprint density at radius 2 is 2.11 bits per heavy atom. The maximum Gasteiger partial charge on any atom is 0.134 e. The molecule has 0 aliphatic heterocycles. The van der Waals surface area contributed by atoms with Gasteiger partial charge in [-0.2, -0.15) is 10.2 Å². The lowest BCUT2D eigenvalue weighted by atomic mass is 10.1. The molecule has 1 unspecified atom stereocenters. The van der Waals surface area contributed by atoms with Gasteiger partial charge in [-0.25, -0.2) is 4.39 Å². The first kappa shape index (κ1) is 11.8. The van der Waals surface area contributed by atoms with Gasteiger partial charge in [0.05, 0.1) is 12.2 Å². The molecule has 0 amide bonds. The monoisotopic (exact) mass is 257 g/mol. The lowest BCUT2D eigenvalue weighted by Crippen LogP contribution is -2.17. The number of nitrogens with one attached hydrogen (secondary N) is 1. The van der Waals surface area contributed by atoms with E-state index in [1.54, 1.807) is 18.5 Å². The summed E-state index contributed by atoms with van der Waals surface area (Å²) < 4.78 is 18.9. The molecule has 0 fully saturated rings. The average Bonchev–Trinajstić information content (AvgIpc) is 2.83. The Balaban J connectivity index is 2.07. The zero-order valence-corrected chi connectivity index (χ0v) is 10.3. The van der Waals surface area contributed by atoms with E-state index < -0.39 is 0 Å². The number of aromatic nitrogens is 2. The van der Waals surface area contributed by atoms with Crippen LogP contribution < -0.4 is 5.32 Å². The Morgan fingerprint density at radius 3 is 2.84 bits per heavy atom. The Morgan fingerprint density at radius 1 is 1.21 bits per heavy atom. The van der Waals surface area contributed by atoms with Gasteiger partial charge in [0.15, 0.2) is 0 Å². The molecular formula is C14H12FN3O. The van der Waals surface area contributed by atoms with Crippen molar-refractivity contribution in [2.75, 3.05) is 7.05 Å². The molecule has 0 aliphatic rings. The molecule has 0 saturated heterocycles. The van der Waals surface area contributed by atoms with Gasteiger partial charge < -0.3 is 9.73 Å². The zero-order chi connectivity index (χ0) is 13.2. The van der Waals surface area contributed by atoms with Crippen LogP contribution in [0.15, 0.2) is 47.1 Å². The summed E-state index contributed by atoms with van der Waals surface area (Å²) in [6, 6.07) is 8.04. The number of furan rings is 1. The molecule has 3 rings (SSSR count). The number of benzene rings is 1. The molecule has 2 aromatic heterocycles. The minimum absolute atomic E-state index is 0.133. The number of halogens is 1. The fourth-order valence-corrected chi connectivity index (χ4v) is 2.12. The summed E-state index contributed by atoms with van der Waals surface area (Å²) in [6.07, 6.45) is 3.30. The molecular weight excluding hydrogens is 245 g/mol. The number of rotatable bonds is 3. The van der Waals surface area contributed by atoms with Crippen LogP contribution >= 0.6 is 0 Å². The van der Waals surface area contributed by atoms with Crippen molar-refractivity contribution in [3.63, 3.8) is 0 Å². The van der Waals surface area contributed by atoms with Gasteiger partial charge in [0.25, 0.3) is 0 Å². The van der Waals surface area contributed by atoms with Crippen molar-refractivity contribution in [3.05, 3.63) is 59.9 Å². The first-order valence-electron chi connectivity index (χ1n) is 5.91. The third-order valence-electron chi connectivity index (χ3n) is 3.01. The minimum Gasteiger partial charge on any atom is -0.459 e. The van der Waals surface area contributed by atoms with Crippen LogP contribution in [0.25, 0.3) is 11.0 Å². The number of hydrogen-bond acceptors (Lipinski definition) is 4. The van der Waals surface area contributed by atoms with Gasteiger partial charge in [0.1, 0.15) is 17.2 Å². The summed E-state index contributed by atoms with van der Waals surface area (Å²) in [7, 11) is 1.83. The Bertz CT molecular complexity index is 696. The van der Waals surface area contributed by atoms with E-state index >= 15 is 0 Å². The molecule has 2 heterocycles. The van der Waals surface area contributed by atoms with E-state index in [-0.39, 0.29) is 11.9 Å². The molecule has 1 atom stereocenters. The predicted molar refractivity (Wildman–Crippen MR) is 69.1 cm³/mol. The Labute approximate surface area is 109 Å². The summed E-state index contributed by atoms with van der Waals surface area (Å²) >= 11 is 0. The van der Waals surface area contributed by atoms with Crippen LogP contribution in [0.2, 0.25) is 0 Å². The molecule has 5 heteroatoms. The van der Waals surface area contributed by atoms with E-state index in [0.29, 0.717) is 5.58 Å². The molecule has 3 aromatic rings. The third-order valence-corrected chi connectivity index (χ3v) is 3.01. The predicted octanol–water partition coefficient (Wildman–Crippen LogP) is 2.67. The molecule has 4 nitrogen and oxygen atoms in total. The maximum atomic E-state index is 13.2. The number of fused-ring (bicyclic) bond motifs is 1. The van der Waals surface area contributed by atoms with Crippen LogP contribution in [0.4, 0.5) is 4.39 Å². The average molecular weight is 257 g/mol. The minimum atomic E-state index is -0.272. The lowest BCUT2D eigenvalue weighted by molar-refractivity contribution is 0.490. The smallest absolute Gasteiger partial charge is 0.134 e. The Kier molecular flexibility index (Phi) is 2.97. The largest absolute Gasteiger partial charge is 0.459 e. The highest BCUT2D eigenvalue weighted by molar-refractivity contribution is 5.78. The van der Waals surface area contributed by atoms with Crippen LogP contribution in [0.3, 0.4) is 0 Å². The van der Waals surface area contributed by atoms with Crippen LogP contribution in [-0.4, -0.2) is 17.2 Å². The van der Waals surface area contributed by atoms with Gasteiger partial charge >= 0.3 is 0 Å². The van der Waals surface area contributed by atoms with Crippen molar-refractivity contribution in [1.29, 1.82) is 0 Å². The molecule has 0 radical (unpaired) electrons. The normalized spacial score (nSPS) is 12.7. The van der Waals surface area contributed by atoms with Crippen molar-refractivity contribution in [1.82, 2.24) is 15.5 Å². The van der Waals surface area contributed by atoms with E-state index in [2.05, 4.69) is 15.5 Å². The first-order valence-corrected chi connectivity index (χ1v) is 5.91. The number of nitrogens with zero attached hydrogens (tertiary/aromatic N) is 2. The van der Waals surface area contributed by atoms with Gasteiger partial charge in [-0.1, -0.05) is 0 Å². The molecule has 1 aromatic carbocycles. The van der Waals surface area contributed by atoms with E-state index in [1.807, 2.05) is 19.2 Å². The zero-order valence-electron chi connectivity index (χ0n) is 10.3. The third kappa shape index (κ3) is 2.20. The lowest BCUT2D eigenvalue weighted by Gasteiger charge is -2.12. The second kappa shape index (κ2) is 4.78. The highest BCUT2D eigenvalue weighted by Crippen LogP contribution is 2.27. The molecule has 19 heavy (non-hydrogen) atoms. The standard InChI is InChI=1S/C14H12FN3O/c1-16-14(9-4-5-17-18-8-9)13-7-10-6-11(15)2-3-12(10)19-13/h2-8,14,16H,1H3. The van der Waals surface area contributed by atoms with Crippen LogP contribution in [0.5, 0.6) is 0 Å². The van der Waals surface area contributed by atoms with Crippen molar-refractivity contribution >= 4 is 11.0 Å².